The van der Waals surface area contributed by atoms with Crippen LogP contribution < -0.4 is 0 Å². The molecule has 4 nitrogen and oxygen atoms in total. The molecule has 1 rings (SSSR count). The summed E-state index contributed by atoms with van der Waals surface area (Å²) in [5.74, 6) is 0. The molecule has 0 aromatic carbocycles. The second kappa shape index (κ2) is 2.96. The van der Waals surface area contributed by atoms with E-state index in [1.807, 2.05) is 27.7 Å². The van der Waals surface area contributed by atoms with Crippen LogP contribution in [-0.2, 0) is 0 Å². The molecule has 2 N–H and O–H groups in total. The van der Waals surface area contributed by atoms with Crippen molar-refractivity contribution in [2.24, 2.45) is 0 Å². The van der Waals surface area contributed by atoms with Crippen LogP contribution in [0.4, 0.5) is 0 Å². The molecule has 0 bridgehead atoms. The zero-order chi connectivity index (χ0) is 9.52. The fraction of sp³-hybridized carbons (Fsp3) is 1.00. The van der Waals surface area contributed by atoms with Gasteiger partial charge in [-0.05, 0) is 27.7 Å². The molecule has 2 unspecified atom stereocenters. The Bertz CT molecular complexity index is 172. The van der Waals surface area contributed by atoms with E-state index in [2.05, 4.69) is 0 Å². The van der Waals surface area contributed by atoms with Crippen molar-refractivity contribution in [3.8, 4) is 0 Å². The van der Waals surface area contributed by atoms with Crippen LogP contribution in [0.2, 0.25) is 0 Å². The predicted molar refractivity (Wildman–Crippen MR) is 45.1 cm³/mol. The summed E-state index contributed by atoms with van der Waals surface area (Å²) >= 11 is 0. The van der Waals surface area contributed by atoms with Gasteiger partial charge in [-0.2, -0.15) is 10.1 Å². The van der Waals surface area contributed by atoms with Gasteiger partial charge >= 0.3 is 0 Å². The van der Waals surface area contributed by atoms with Crippen LogP contribution in [0.1, 0.15) is 27.7 Å². The van der Waals surface area contributed by atoms with Gasteiger partial charge < -0.3 is 10.4 Å². The lowest BCUT2D eigenvalue weighted by molar-refractivity contribution is -0.284. The van der Waals surface area contributed by atoms with E-state index in [1.54, 1.807) is 0 Å². The average Bonchev–Trinajstić information content (AvgIpc) is 1.97. The van der Waals surface area contributed by atoms with E-state index in [9.17, 15) is 10.4 Å². The lowest BCUT2D eigenvalue weighted by atomic mass is 9.96. The Morgan fingerprint density at radius 2 is 1.67 bits per heavy atom. The molecule has 1 aliphatic heterocycles. The molecule has 1 fully saturated rings. The van der Waals surface area contributed by atoms with Crippen molar-refractivity contribution in [1.29, 1.82) is 0 Å². The molecular weight excluding hydrogens is 156 g/mol. The van der Waals surface area contributed by atoms with E-state index in [1.165, 1.54) is 10.1 Å². The minimum atomic E-state index is -0.374. The van der Waals surface area contributed by atoms with Gasteiger partial charge in [0.15, 0.2) is 0 Å². The van der Waals surface area contributed by atoms with Gasteiger partial charge in [-0.15, -0.1) is 0 Å². The van der Waals surface area contributed by atoms with Crippen molar-refractivity contribution in [3.63, 3.8) is 0 Å². The van der Waals surface area contributed by atoms with Crippen molar-refractivity contribution < 1.29 is 10.4 Å². The van der Waals surface area contributed by atoms with Gasteiger partial charge in [0, 0.05) is 12.6 Å². The second-order valence-electron chi connectivity index (χ2n) is 4.24. The summed E-state index contributed by atoms with van der Waals surface area (Å²) in [5.41, 5.74) is -0.374. The Morgan fingerprint density at radius 1 is 1.17 bits per heavy atom. The van der Waals surface area contributed by atoms with E-state index in [-0.39, 0.29) is 17.6 Å². The fourth-order valence-corrected chi connectivity index (χ4v) is 1.62. The van der Waals surface area contributed by atoms with Crippen LogP contribution in [-0.4, -0.2) is 44.7 Å². The number of rotatable bonds is 0. The highest BCUT2D eigenvalue weighted by Gasteiger charge is 2.41. The van der Waals surface area contributed by atoms with Crippen molar-refractivity contribution >= 4 is 0 Å². The van der Waals surface area contributed by atoms with Gasteiger partial charge in [0.25, 0.3) is 0 Å². The van der Waals surface area contributed by atoms with E-state index in [0.717, 1.165) is 0 Å². The number of nitrogens with zero attached hydrogens (tertiary/aromatic N) is 2. The Morgan fingerprint density at radius 3 is 2.17 bits per heavy atom. The molecule has 0 aromatic rings. The van der Waals surface area contributed by atoms with Gasteiger partial charge in [0.1, 0.15) is 0 Å². The highest BCUT2D eigenvalue weighted by atomic mass is 16.5. The average molecular weight is 174 g/mol. The molecule has 4 heteroatoms. The normalized spacial score (nSPS) is 38.5. The van der Waals surface area contributed by atoms with Gasteiger partial charge in [0.2, 0.25) is 0 Å². The maximum atomic E-state index is 9.69. The standard InChI is InChI=1S/C8H18N2O2/c1-6-7(2)10(12)8(3,4)5-9(6)11/h6-7,11-12H,5H2,1-4H3. The highest BCUT2D eigenvalue weighted by Crippen LogP contribution is 2.25. The molecule has 0 amide bonds. The molecule has 12 heavy (non-hydrogen) atoms. The van der Waals surface area contributed by atoms with Gasteiger partial charge in [0.05, 0.1) is 11.6 Å². The molecule has 2 atom stereocenters. The second-order valence-corrected chi connectivity index (χ2v) is 4.24. The third-order valence-corrected chi connectivity index (χ3v) is 2.72. The van der Waals surface area contributed by atoms with Gasteiger partial charge in [-0.1, -0.05) is 0 Å². The van der Waals surface area contributed by atoms with Crippen molar-refractivity contribution in [1.82, 2.24) is 10.1 Å². The van der Waals surface area contributed by atoms with Crippen LogP contribution in [0.15, 0.2) is 0 Å². The SMILES string of the molecule is CC1C(C)N(O)C(C)(C)CN1O. The first-order valence-corrected chi connectivity index (χ1v) is 4.30. The van der Waals surface area contributed by atoms with Crippen LogP contribution >= 0.6 is 0 Å². The summed E-state index contributed by atoms with van der Waals surface area (Å²) in [4.78, 5) is 0. The largest absolute Gasteiger partial charge is 0.314 e. The van der Waals surface area contributed by atoms with Crippen LogP contribution in [0.5, 0.6) is 0 Å². The quantitative estimate of drug-likeness (QED) is 0.573. The third kappa shape index (κ3) is 1.47. The number of hydrogen-bond donors (Lipinski definition) is 2. The summed E-state index contributed by atoms with van der Waals surface area (Å²) in [6, 6.07) is -0.0678. The lowest BCUT2D eigenvalue weighted by Gasteiger charge is -2.48. The van der Waals surface area contributed by atoms with Crippen molar-refractivity contribution in [3.05, 3.63) is 0 Å². The maximum absolute atomic E-state index is 9.69. The predicted octanol–water partition coefficient (Wildman–Crippen LogP) is 0.938. The van der Waals surface area contributed by atoms with Gasteiger partial charge in [-0.3, -0.25) is 0 Å². The Hall–Kier alpha value is -0.160. The van der Waals surface area contributed by atoms with Crippen LogP contribution in [0, 0.1) is 0 Å². The minimum absolute atomic E-state index is 0.0250. The summed E-state index contributed by atoms with van der Waals surface area (Å²) in [6.45, 7) is 8.06. The van der Waals surface area contributed by atoms with E-state index in [4.69, 9.17) is 0 Å². The summed E-state index contributed by atoms with van der Waals surface area (Å²) in [5, 5.41) is 21.8. The summed E-state index contributed by atoms with van der Waals surface area (Å²) in [7, 11) is 0. The zero-order valence-corrected chi connectivity index (χ0v) is 8.15. The van der Waals surface area contributed by atoms with Gasteiger partial charge in [-0.25, -0.2) is 0 Å². The topological polar surface area (TPSA) is 46.9 Å². The molecule has 1 saturated heterocycles. The number of piperazine rings is 1. The Kier molecular flexibility index (Phi) is 2.45. The molecule has 1 aliphatic rings. The smallest absolute Gasteiger partial charge is 0.0558 e. The van der Waals surface area contributed by atoms with E-state index in [0.29, 0.717) is 6.54 Å². The van der Waals surface area contributed by atoms with Crippen molar-refractivity contribution in [2.75, 3.05) is 6.54 Å². The molecule has 1 heterocycles. The van der Waals surface area contributed by atoms with Crippen LogP contribution in [0.3, 0.4) is 0 Å². The Labute approximate surface area is 73.3 Å². The summed E-state index contributed by atoms with van der Waals surface area (Å²) < 4.78 is 0. The Balaban J connectivity index is 2.78. The minimum Gasteiger partial charge on any atom is -0.314 e. The molecule has 0 aromatic heterocycles. The lowest BCUT2D eigenvalue weighted by Crippen LogP contribution is -2.64. The molecule has 0 spiro atoms. The van der Waals surface area contributed by atoms with E-state index >= 15 is 0 Å². The molecule has 0 radical (unpaired) electrons. The molecule has 0 saturated carbocycles. The third-order valence-electron chi connectivity index (χ3n) is 2.72. The first kappa shape index (κ1) is 9.92. The fourth-order valence-electron chi connectivity index (χ4n) is 1.62. The maximum Gasteiger partial charge on any atom is 0.0558 e. The van der Waals surface area contributed by atoms with E-state index < -0.39 is 0 Å². The molecular formula is C8H18N2O2. The molecule has 0 aliphatic carbocycles. The molecule has 72 valence electrons. The monoisotopic (exact) mass is 174 g/mol. The first-order chi connectivity index (χ1) is 5.36. The highest BCUT2D eigenvalue weighted by molar-refractivity contribution is 4.91. The number of hydroxylamine groups is 4. The number of hydrogen-bond acceptors (Lipinski definition) is 4. The first-order valence-electron chi connectivity index (χ1n) is 4.30. The van der Waals surface area contributed by atoms with Crippen molar-refractivity contribution in [2.45, 2.75) is 45.3 Å². The van der Waals surface area contributed by atoms with Crippen LogP contribution in [0.25, 0.3) is 0 Å². The summed E-state index contributed by atoms with van der Waals surface area (Å²) in [6.07, 6.45) is 0. The zero-order valence-electron chi connectivity index (χ0n) is 8.15.